The lowest BCUT2D eigenvalue weighted by atomic mass is 11.1. The molecule has 0 amide bonds. The molecule has 0 radical (unpaired) electrons. The number of aliphatic hydroxyl groups excluding tert-OH is 1. The van der Waals surface area contributed by atoms with E-state index in [0.29, 0.717) is 0 Å². The van der Waals surface area contributed by atoms with Crippen molar-refractivity contribution < 1.29 is 5.11 Å². The summed E-state index contributed by atoms with van der Waals surface area (Å²) in [7, 11) is 1.55. The highest BCUT2D eigenvalue weighted by molar-refractivity contribution is 4.18. The standard InChI is InChI=1S/C2H8N4O/c1-6(2-7)5-4-3/h7H,2H2,1H3,(H2,3,5). The summed E-state index contributed by atoms with van der Waals surface area (Å²) in [6.07, 6.45) is 0. The van der Waals surface area contributed by atoms with Gasteiger partial charge in [0, 0.05) is 7.05 Å². The van der Waals surface area contributed by atoms with Crippen molar-refractivity contribution in [2.75, 3.05) is 13.8 Å². The first kappa shape index (κ1) is 6.16. The molecule has 0 atom stereocenters. The number of nitrogens with zero attached hydrogens (tertiary/aromatic N) is 3. The zero-order valence-corrected chi connectivity index (χ0v) is 4.07. The van der Waals surface area contributed by atoms with Crippen LogP contribution in [0.15, 0.2) is 10.4 Å². The van der Waals surface area contributed by atoms with Crippen LogP contribution in [0, 0.1) is 0 Å². The quantitative estimate of drug-likeness (QED) is 0.206. The molecule has 3 N–H and O–H groups in total. The van der Waals surface area contributed by atoms with Gasteiger partial charge in [0.25, 0.3) is 0 Å². The normalized spacial score (nSPS) is 10.0. The Kier molecular flexibility index (Phi) is 2.95. The van der Waals surface area contributed by atoms with Crippen molar-refractivity contribution in [1.82, 2.24) is 5.01 Å². The highest BCUT2D eigenvalue weighted by atomic mass is 16.3. The summed E-state index contributed by atoms with van der Waals surface area (Å²) < 4.78 is 0. The van der Waals surface area contributed by atoms with E-state index in [9.17, 15) is 0 Å². The zero-order valence-electron chi connectivity index (χ0n) is 4.07. The molecule has 0 aromatic heterocycles. The molecule has 0 unspecified atom stereocenters. The lowest BCUT2D eigenvalue weighted by Crippen LogP contribution is -2.10. The number of aliphatic hydroxyl groups is 1. The van der Waals surface area contributed by atoms with Gasteiger partial charge in [-0.05, 0) is 0 Å². The van der Waals surface area contributed by atoms with Gasteiger partial charge in [-0.2, -0.15) is 0 Å². The molecule has 5 nitrogen and oxygen atoms in total. The van der Waals surface area contributed by atoms with E-state index in [4.69, 9.17) is 5.11 Å². The summed E-state index contributed by atoms with van der Waals surface area (Å²) in [4.78, 5) is 0. The predicted octanol–water partition coefficient (Wildman–Crippen LogP) is -0.891. The van der Waals surface area contributed by atoms with Crippen LogP contribution in [0.4, 0.5) is 0 Å². The van der Waals surface area contributed by atoms with Crippen molar-refractivity contribution in [2.24, 2.45) is 16.3 Å². The Balaban J connectivity index is 3.16. The van der Waals surface area contributed by atoms with Crippen molar-refractivity contribution in [1.29, 1.82) is 0 Å². The molecule has 5 heteroatoms. The van der Waals surface area contributed by atoms with Gasteiger partial charge in [0.2, 0.25) is 0 Å². The second-order valence-electron chi connectivity index (χ2n) is 1.00. The van der Waals surface area contributed by atoms with E-state index in [1.54, 1.807) is 7.05 Å². The summed E-state index contributed by atoms with van der Waals surface area (Å²) in [6.45, 7) is -0.166. The molecule has 0 rings (SSSR count). The minimum atomic E-state index is -0.166. The van der Waals surface area contributed by atoms with Gasteiger partial charge in [-0.25, -0.2) is 0 Å². The number of hydrogen-bond acceptors (Lipinski definition) is 3. The fraction of sp³-hybridized carbons (Fsp3) is 1.00. The fourth-order valence-electron chi connectivity index (χ4n) is 0.116. The largest absolute Gasteiger partial charge is 0.375 e. The Morgan fingerprint density at radius 3 is 2.57 bits per heavy atom. The summed E-state index contributed by atoms with van der Waals surface area (Å²) in [5.74, 6) is 4.61. The van der Waals surface area contributed by atoms with Crippen molar-refractivity contribution in [3.63, 3.8) is 0 Å². The highest BCUT2D eigenvalue weighted by Gasteiger charge is 1.81. The zero-order chi connectivity index (χ0) is 5.70. The summed E-state index contributed by atoms with van der Waals surface area (Å²) >= 11 is 0. The number of rotatable bonds is 2. The Hall–Kier alpha value is -0.840. The third-order valence-corrected chi connectivity index (χ3v) is 0.409. The van der Waals surface area contributed by atoms with Crippen LogP contribution in [0.1, 0.15) is 0 Å². The van der Waals surface area contributed by atoms with Crippen LogP contribution in [0.5, 0.6) is 0 Å². The van der Waals surface area contributed by atoms with E-state index in [1.165, 1.54) is 5.01 Å². The van der Waals surface area contributed by atoms with Crippen LogP contribution < -0.4 is 5.84 Å². The van der Waals surface area contributed by atoms with Crippen LogP contribution in [0.2, 0.25) is 0 Å². The Morgan fingerprint density at radius 2 is 2.43 bits per heavy atom. The van der Waals surface area contributed by atoms with Crippen LogP contribution in [-0.4, -0.2) is 23.9 Å². The second-order valence-corrected chi connectivity index (χ2v) is 1.00. The van der Waals surface area contributed by atoms with Gasteiger partial charge in [0.1, 0.15) is 6.73 Å². The SMILES string of the molecule is CN(CO)/N=N/N. The van der Waals surface area contributed by atoms with E-state index >= 15 is 0 Å². The van der Waals surface area contributed by atoms with E-state index in [1.807, 2.05) is 0 Å². The molecule has 0 spiro atoms. The predicted molar refractivity (Wildman–Crippen MR) is 23.9 cm³/mol. The van der Waals surface area contributed by atoms with Crippen LogP contribution in [-0.2, 0) is 0 Å². The Bertz CT molecular complexity index is 62.7. The molecular formula is C2H8N4O. The van der Waals surface area contributed by atoms with Crippen molar-refractivity contribution >= 4 is 0 Å². The molecule has 0 fully saturated rings. The van der Waals surface area contributed by atoms with E-state index in [2.05, 4.69) is 16.3 Å². The van der Waals surface area contributed by atoms with E-state index in [0.717, 1.165) is 0 Å². The third-order valence-electron chi connectivity index (χ3n) is 0.409. The molecule has 7 heavy (non-hydrogen) atoms. The van der Waals surface area contributed by atoms with Gasteiger partial charge in [-0.15, -0.1) is 0 Å². The molecule has 0 aliphatic rings. The van der Waals surface area contributed by atoms with Gasteiger partial charge in [0.15, 0.2) is 0 Å². The summed E-state index contributed by atoms with van der Waals surface area (Å²) in [5.41, 5.74) is 0. The Labute approximate surface area is 41.4 Å². The lowest BCUT2D eigenvalue weighted by Gasteiger charge is -2.02. The molecular weight excluding hydrogens is 96.0 g/mol. The first-order valence-corrected chi connectivity index (χ1v) is 1.74. The Morgan fingerprint density at radius 1 is 1.86 bits per heavy atom. The second kappa shape index (κ2) is 3.35. The summed E-state index contributed by atoms with van der Waals surface area (Å²) in [6, 6.07) is 0. The van der Waals surface area contributed by atoms with Gasteiger partial charge in [0.05, 0.1) is 0 Å². The lowest BCUT2D eigenvalue weighted by molar-refractivity contribution is 0.127. The number of nitrogens with two attached hydrogens (primary N) is 1. The maximum atomic E-state index is 8.18. The summed E-state index contributed by atoms with van der Waals surface area (Å²) in [5, 5.41) is 15.5. The topological polar surface area (TPSA) is 74.2 Å². The van der Waals surface area contributed by atoms with Crippen molar-refractivity contribution in [3.05, 3.63) is 0 Å². The van der Waals surface area contributed by atoms with Gasteiger partial charge < -0.3 is 10.9 Å². The van der Waals surface area contributed by atoms with Crippen LogP contribution >= 0.6 is 0 Å². The smallest absolute Gasteiger partial charge is 0.133 e. The van der Waals surface area contributed by atoms with Gasteiger partial charge in [-0.3, -0.25) is 5.01 Å². The fourth-order valence-corrected chi connectivity index (χ4v) is 0.116. The first-order valence-electron chi connectivity index (χ1n) is 1.74. The van der Waals surface area contributed by atoms with Gasteiger partial charge in [-0.1, -0.05) is 10.4 Å². The maximum absolute atomic E-state index is 8.18. The molecule has 0 heterocycles. The average molecular weight is 104 g/mol. The van der Waals surface area contributed by atoms with Crippen LogP contribution in [0.25, 0.3) is 0 Å². The van der Waals surface area contributed by atoms with Crippen LogP contribution in [0.3, 0.4) is 0 Å². The van der Waals surface area contributed by atoms with E-state index < -0.39 is 0 Å². The maximum Gasteiger partial charge on any atom is 0.133 e. The first-order chi connectivity index (χ1) is 3.31. The molecule has 0 saturated heterocycles. The molecule has 0 aromatic carbocycles. The molecule has 0 aromatic rings. The third kappa shape index (κ3) is 2.98. The highest BCUT2D eigenvalue weighted by Crippen LogP contribution is 1.75. The average Bonchev–Trinajstić information content (AvgIpc) is 1.68. The molecule has 0 aliphatic carbocycles. The minimum absolute atomic E-state index is 0.166. The van der Waals surface area contributed by atoms with Crippen molar-refractivity contribution in [3.8, 4) is 0 Å². The molecule has 42 valence electrons. The molecule has 0 aliphatic heterocycles. The molecule has 0 saturated carbocycles. The van der Waals surface area contributed by atoms with Gasteiger partial charge >= 0.3 is 0 Å². The minimum Gasteiger partial charge on any atom is -0.375 e. The van der Waals surface area contributed by atoms with E-state index in [-0.39, 0.29) is 6.73 Å². The van der Waals surface area contributed by atoms with Crippen molar-refractivity contribution in [2.45, 2.75) is 0 Å². The monoisotopic (exact) mass is 104 g/mol. The molecule has 0 bridgehead atoms. The number of hydrogen-bond donors (Lipinski definition) is 2.